The van der Waals surface area contributed by atoms with Crippen LogP contribution in [0.4, 0.5) is 0 Å². The summed E-state index contributed by atoms with van der Waals surface area (Å²) in [4.78, 5) is 11.7. The molecule has 1 aromatic rings. The van der Waals surface area contributed by atoms with Crippen molar-refractivity contribution in [3.63, 3.8) is 0 Å². The molecule has 0 N–H and O–H groups in total. The first-order valence-electron chi connectivity index (χ1n) is 6.19. The van der Waals surface area contributed by atoms with Crippen molar-refractivity contribution in [2.75, 3.05) is 6.61 Å². The van der Waals surface area contributed by atoms with Crippen LogP contribution in [-0.2, 0) is 11.8 Å². The number of nitrogens with zero attached hydrogens (tertiary/aromatic N) is 2. The summed E-state index contributed by atoms with van der Waals surface area (Å²) in [5.74, 6) is -0.0453. The molecule has 4 heteroatoms. The molecule has 98 valence electrons. The number of esters is 1. The standard InChI is InChI=1S/C11H18N2O2.C2H6/c1-6-15-11(14)9-8(4)13(5)12-10(9)7(2)3;1-2/h7H,6H2,1-5H3;1-2H3. The number of aromatic nitrogens is 2. The molecule has 4 nitrogen and oxygen atoms in total. The van der Waals surface area contributed by atoms with Crippen molar-refractivity contribution < 1.29 is 9.53 Å². The topological polar surface area (TPSA) is 44.1 Å². The molecule has 0 spiro atoms. The van der Waals surface area contributed by atoms with E-state index < -0.39 is 0 Å². The van der Waals surface area contributed by atoms with Gasteiger partial charge in [-0.25, -0.2) is 4.79 Å². The number of aryl methyl sites for hydroxylation is 1. The normalized spacial score (nSPS) is 9.88. The van der Waals surface area contributed by atoms with Crippen LogP contribution in [0.2, 0.25) is 0 Å². The predicted molar refractivity (Wildman–Crippen MR) is 69.3 cm³/mol. The minimum Gasteiger partial charge on any atom is -0.462 e. The SMILES string of the molecule is CC.CCOC(=O)c1c(C(C)C)nn(C)c1C. The maximum absolute atomic E-state index is 11.7. The highest BCUT2D eigenvalue weighted by Gasteiger charge is 2.22. The van der Waals surface area contributed by atoms with Gasteiger partial charge >= 0.3 is 5.97 Å². The van der Waals surface area contributed by atoms with E-state index in [4.69, 9.17) is 4.74 Å². The molecule has 0 aliphatic heterocycles. The highest BCUT2D eigenvalue weighted by atomic mass is 16.5. The first kappa shape index (κ1) is 15.7. The van der Waals surface area contributed by atoms with Gasteiger partial charge in [-0.1, -0.05) is 27.7 Å². The summed E-state index contributed by atoms with van der Waals surface area (Å²) in [6, 6.07) is 0. The maximum Gasteiger partial charge on any atom is 0.341 e. The van der Waals surface area contributed by atoms with E-state index in [0.29, 0.717) is 12.2 Å². The number of carbonyl (C=O) groups is 1. The Hall–Kier alpha value is -1.32. The second kappa shape index (κ2) is 7.09. The van der Waals surface area contributed by atoms with E-state index in [9.17, 15) is 4.79 Å². The lowest BCUT2D eigenvalue weighted by Crippen LogP contribution is -2.09. The monoisotopic (exact) mass is 240 g/mol. The average Bonchev–Trinajstić information content (AvgIpc) is 2.59. The van der Waals surface area contributed by atoms with Crippen LogP contribution in [0.3, 0.4) is 0 Å². The molecule has 0 aliphatic carbocycles. The van der Waals surface area contributed by atoms with E-state index in [1.54, 1.807) is 11.6 Å². The van der Waals surface area contributed by atoms with Crippen molar-refractivity contribution >= 4 is 5.97 Å². The fourth-order valence-corrected chi connectivity index (χ4v) is 1.49. The Bertz CT molecular complexity index is 368. The molecule has 17 heavy (non-hydrogen) atoms. The molecule has 0 saturated heterocycles. The van der Waals surface area contributed by atoms with E-state index in [1.807, 2.05) is 41.7 Å². The molecule has 0 bridgehead atoms. The fourth-order valence-electron chi connectivity index (χ4n) is 1.49. The summed E-state index contributed by atoms with van der Waals surface area (Å²) < 4.78 is 6.74. The van der Waals surface area contributed by atoms with Gasteiger partial charge in [0.2, 0.25) is 0 Å². The fraction of sp³-hybridized carbons (Fsp3) is 0.692. The molecular formula is C13H24N2O2. The van der Waals surface area contributed by atoms with E-state index in [2.05, 4.69) is 5.10 Å². The van der Waals surface area contributed by atoms with Gasteiger partial charge in [0.1, 0.15) is 5.56 Å². The first-order valence-corrected chi connectivity index (χ1v) is 6.19. The molecular weight excluding hydrogens is 216 g/mol. The smallest absolute Gasteiger partial charge is 0.341 e. The highest BCUT2D eigenvalue weighted by molar-refractivity contribution is 5.92. The average molecular weight is 240 g/mol. The zero-order valence-electron chi connectivity index (χ0n) is 12.0. The van der Waals surface area contributed by atoms with Gasteiger partial charge in [0, 0.05) is 12.7 Å². The van der Waals surface area contributed by atoms with Crippen LogP contribution in [-0.4, -0.2) is 22.4 Å². The Morgan fingerprint density at radius 1 is 1.41 bits per heavy atom. The third kappa shape index (κ3) is 3.58. The zero-order valence-corrected chi connectivity index (χ0v) is 12.0. The lowest BCUT2D eigenvalue weighted by Gasteiger charge is -2.05. The maximum atomic E-state index is 11.7. The molecule has 0 saturated carbocycles. The van der Waals surface area contributed by atoms with E-state index in [0.717, 1.165) is 11.4 Å². The molecule has 1 heterocycles. The second-order valence-corrected chi connectivity index (χ2v) is 3.84. The molecule has 0 radical (unpaired) electrons. The van der Waals surface area contributed by atoms with Crippen LogP contribution in [0.25, 0.3) is 0 Å². The predicted octanol–water partition coefficient (Wildman–Crippen LogP) is 3.05. The molecule has 0 aromatic carbocycles. The van der Waals surface area contributed by atoms with Crippen molar-refractivity contribution in [2.45, 2.75) is 47.5 Å². The molecule has 0 fully saturated rings. The Balaban J connectivity index is 0.00000121. The van der Waals surface area contributed by atoms with Crippen LogP contribution in [0, 0.1) is 6.92 Å². The molecule has 0 amide bonds. The lowest BCUT2D eigenvalue weighted by molar-refractivity contribution is 0.0523. The van der Waals surface area contributed by atoms with Gasteiger partial charge in [-0.2, -0.15) is 5.10 Å². The van der Waals surface area contributed by atoms with E-state index >= 15 is 0 Å². The Kier molecular flexibility index (Phi) is 6.54. The summed E-state index contributed by atoms with van der Waals surface area (Å²) in [6.45, 7) is 12.1. The van der Waals surface area contributed by atoms with Crippen LogP contribution in [0.5, 0.6) is 0 Å². The van der Waals surface area contributed by atoms with Gasteiger partial charge < -0.3 is 4.74 Å². The van der Waals surface area contributed by atoms with Crippen LogP contribution in [0.15, 0.2) is 0 Å². The number of carbonyl (C=O) groups excluding carboxylic acids is 1. The van der Waals surface area contributed by atoms with Crippen LogP contribution < -0.4 is 0 Å². The Morgan fingerprint density at radius 3 is 2.35 bits per heavy atom. The molecule has 0 atom stereocenters. The van der Waals surface area contributed by atoms with Gasteiger partial charge in [-0.3, -0.25) is 4.68 Å². The molecule has 1 rings (SSSR count). The summed E-state index contributed by atoms with van der Waals surface area (Å²) in [6.07, 6.45) is 0. The van der Waals surface area contributed by atoms with Crippen molar-refractivity contribution in [2.24, 2.45) is 7.05 Å². The number of hydrogen-bond acceptors (Lipinski definition) is 3. The quantitative estimate of drug-likeness (QED) is 0.763. The highest BCUT2D eigenvalue weighted by Crippen LogP contribution is 2.21. The Morgan fingerprint density at radius 2 is 1.94 bits per heavy atom. The summed E-state index contributed by atoms with van der Waals surface area (Å²) in [7, 11) is 1.84. The van der Waals surface area contributed by atoms with Crippen LogP contribution >= 0.6 is 0 Å². The van der Waals surface area contributed by atoms with Gasteiger partial charge in [0.25, 0.3) is 0 Å². The van der Waals surface area contributed by atoms with Gasteiger partial charge in [-0.15, -0.1) is 0 Å². The summed E-state index contributed by atoms with van der Waals surface area (Å²) in [5.41, 5.74) is 2.29. The first-order chi connectivity index (χ1) is 7.99. The minimum atomic E-state index is -0.271. The third-order valence-corrected chi connectivity index (χ3v) is 2.39. The van der Waals surface area contributed by atoms with E-state index in [1.165, 1.54) is 0 Å². The lowest BCUT2D eigenvalue weighted by atomic mass is 10.0. The van der Waals surface area contributed by atoms with E-state index in [-0.39, 0.29) is 11.9 Å². The minimum absolute atomic E-state index is 0.226. The zero-order chi connectivity index (χ0) is 13.6. The van der Waals surface area contributed by atoms with Crippen molar-refractivity contribution in [3.05, 3.63) is 17.0 Å². The largest absolute Gasteiger partial charge is 0.462 e. The number of hydrogen-bond donors (Lipinski definition) is 0. The van der Waals surface area contributed by atoms with Crippen molar-refractivity contribution in [1.29, 1.82) is 0 Å². The van der Waals surface area contributed by atoms with Gasteiger partial charge in [0.05, 0.1) is 12.3 Å². The molecule has 0 unspecified atom stereocenters. The van der Waals surface area contributed by atoms with Crippen LogP contribution in [0.1, 0.15) is 62.3 Å². The third-order valence-electron chi connectivity index (χ3n) is 2.39. The van der Waals surface area contributed by atoms with Gasteiger partial charge in [-0.05, 0) is 19.8 Å². The summed E-state index contributed by atoms with van der Waals surface area (Å²) >= 11 is 0. The second-order valence-electron chi connectivity index (χ2n) is 3.84. The van der Waals surface area contributed by atoms with Crippen molar-refractivity contribution in [1.82, 2.24) is 9.78 Å². The van der Waals surface area contributed by atoms with Crippen molar-refractivity contribution in [3.8, 4) is 0 Å². The Labute approximate surface area is 104 Å². The molecule has 1 aromatic heterocycles. The van der Waals surface area contributed by atoms with Gasteiger partial charge in [0.15, 0.2) is 0 Å². The number of ether oxygens (including phenoxy) is 1. The number of rotatable bonds is 3. The summed E-state index contributed by atoms with van der Waals surface area (Å²) in [5, 5.41) is 4.33. The molecule has 0 aliphatic rings.